The molecule has 2 N–H and O–H groups in total. The van der Waals surface area contributed by atoms with Gasteiger partial charge < -0.3 is 14.7 Å². The van der Waals surface area contributed by atoms with E-state index >= 15 is 0 Å². The smallest absolute Gasteiger partial charge is 0.251 e. The van der Waals surface area contributed by atoms with Crippen molar-refractivity contribution < 1.29 is 9.21 Å². The van der Waals surface area contributed by atoms with Crippen LogP contribution < -0.4 is 5.32 Å². The van der Waals surface area contributed by atoms with Crippen LogP contribution in [0, 0.1) is 6.92 Å². The molecule has 6 heteroatoms. The van der Waals surface area contributed by atoms with Gasteiger partial charge in [0.15, 0.2) is 10.8 Å². The Bertz CT molecular complexity index is 999. The zero-order valence-corrected chi connectivity index (χ0v) is 13.8. The topological polar surface area (TPSA) is 70.9 Å². The maximum Gasteiger partial charge on any atom is 0.251 e. The molecule has 0 unspecified atom stereocenters. The van der Waals surface area contributed by atoms with Gasteiger partial charge in [0.1, 0.15) is 0 Å². The molecule has 0 radical (unpaired) electrons. The van der Waals surface area contributed by atoms with E-state index < -0.39 is 0 Å². The molecule has 3 heterocycles. The number of aryl methyl sites for hydroxylation is 1. The van der Waals surface area contributed by atoms with Gasteiger partial charge in [-0.15, -0.1) is 11.3 Å². The van der Waals surface area contributed by atoms with E-state index in [2.05, 4.69) is 15.3 Å². The summed E-state index contributed by atoms with van der Waals surface area (Å²) in [5.41, 5.74) is 2.50. The minimum Gasteiger partial charge on any atom is -0.462 e. The molecule has 24 heavy (non-hydrogen) atoms. The van der Waals surface area contributed by atoms with E-state index in [1.54, 1.807) is 6.26 Å². The highest BCUT2D eigenvalue weighted by atomic mass is 32.1. The number of aromatic amines is 1. The molecular formula is C18H15N3O2S. The number of carbonyl (C=O) groups excluding carboxylic acids is 1. The van der Waals surface area contributed by atoms with Gasteiger partial charge in [0.05, 0.1) is 18.5 Å². The van der Waals surface area contributed by atoms with E-state index in [4.69, 9.17) is 4.42 Å². The summed E-state index contributed by atoms with van der Waals surface area (Å²) in [5, 5.41) is 4.88. The number of hydrogen-bond donors (Lipinski definition) is 2. The Morgan fingerprint density at radius 2 is 2.25 bits per heavy atom. The zero-order chi connectivity index (χ0) is 16.5. The summed E-state index contributed by atoms with van der Waals surface area (Å²) in [6.07, 6.45) is 3.49. The first-order valence-electron chi connectivity index (χ1n) is 7.56. The predicted molar refractivity (Wildman–Crippen MR) is 94.0 cm³/mol. The molecule has 0 aliphatic carbocycles. The maximum absolute atomic E-state index is 12.4. The predicted octanol–water partition coefficient (Wildman–Crippen LogP) is 4.12. The third-order valence-corrected chi connectivity index (χ3v) is 5.02. The number of hydrogen-bond acceptors (Lipinski definition) is 4. The number of rotatable bonds is 4. The van der Waals surface area contributed by atoms with Gasteiger partial charge in [-0.25, -0.2) is 4.98 Å². The first-order chi connectivity index (χ1) is 11.7. The van der Waals surface area contributed by atoms with Crippen molar-refractivity contribution in [3.63, 3.8) is 0 Å². The highest BCUT2D eigenvalue weighted by Gasteiger charge is 2.13. The van der Waals surface area contributed by atoms with E-state index in [0.29, 0.717) is 12.1 Å². The summed E-state index contributed by atoms with van der Waals surface area (Å²) in [7, 11) is 0. The molecule has 0 bridgehead atoms. The summed E-state index contributed by atoms with van der Waals surface area (Å²) in [6.45, 7) is 2.39. The van der Waals surface area contributed by atoms with Crippen molar-refractivity contribution in [1.29, 1.82) is 0 Å². The summed E-state index contributed by atoms with van der Waals surface area (Å²) in [5.74, 6) is 0.650. The largest absolute Gasteiger partial charge is 0.462 e. The van der Waals surface area contributed by atoms with Crippen LogP contribution in [0.15, 0.2) is 53.3 Å². The Balaban J connectivity index is 1.49. The van der Waals surface area contributed by atoms with E-state index in [1.807, 2.05) is 49.5 Å². The van der Waals surface area contributed by atoms with Crippen molar-refractivity contribution in [2.24, 2.45) is 0 Å². The second-order valence-electron chi connectivity index (χ2n) is 5.47. The van der Waals surface area contributed by atoms with Crippen LogP contribution >= 0.6 is 11.3 Å². The molecule has 1 amide bonds. The molecule has 0 saturated heterocycles. The number of benzene rings is 1. The number of fused-ring (bicyclic) bond motifs is 1. The SMILES string of the molecule is Cc1nc(-c2ccco2)sc1CNC(=O)c1ccc2cc[nH]c2c1. The van der Waals surface area contributed by atoms with Crippen LogP contribution in [0.25, 0.3) is 21.7 Å². The maximum atomic E-state index is 12.4. The summed E-state index contributed by atoms with van der Waals surface area (Å²) >= 11 is 1.53. The van der Waals surface area contributed by atoms with Crippen molar-refractivity contribution in [3.8, 4) is 10.8 Å². The minimum absolute atomic E-state index is 0.0983. The molecule has 4 aromatic rings. The second-order valence-corrected chi connectivity index (χ2v) is 6.55. The van der Waals surface area contributed by atoms with Crippen LogP contribution in [0.1, 0.15) is 20.9 Å². The number of H-pyrrole nitrogens is 1. The van der Waals surface area contributed by atoms with Crippen LogP contribution in [0.3, 0.4) is 0 Å². The number of thiazole rings is 1. The summed E-state index contributed by atoms with van der Waals surface area (Å²) in [6, 6.07) is 11.3. The molecule has 0 fully saturated rings. The molecule has 0 atom stereocenters. The average molecular weight is 337 g/mol. The van der Waals surface area contributed by atoms with Crippen LogP contribution in [0.2, 0.25) is 0 Å². The van der Waals surface area contributed by atoms with Gasteiger partial charge in [0.2, 0.25) is 0 Å². The summed E-state index contributed by atoms with van der Waals surface area (Å²) in [4.78, 5) is 21.0. The normalized spacial score (nSPS) is 11.0. The molecular weight excluding hydrogens is 322 g/mol. The molecule has 0 spiro atoms. The zero-order valence-electron chi connectivity index (χ0n) is 13.0. The molecule has 120 valence electrons. The molecule has 5 nitrogen and oxygen atoms in total. The van der Waals surface area contributed by atoms with E-state index in [-0.39, 0.29) is 5.91 Å². The van der Waals surface area contributed by atoms with Gasteiger partial charge in [-0.1, -0.05) is 6.07 Å². The first-order valence-corrected chi connectivity index (χ1v) is 8.38. The van der Waals surface area contributed by atoms with E-state index in [0.717, 1.165) is 32.2 Å². The molecule has 0 aliphatic heterocycles. The van der Waals surface area contributed by atoms with Crippen molar-refractivity contribution >= 4 is 28.1 Å². The minimum atomic E-state index is -0.0983. The van der Waals surface area contributed by atoms with Crippen molar-refractivity contribution in [3.05, 3.63) is 65.0 Å². The van der Waals surface area contributed by atoms with Crippen molar-refractivity contribution in [1.82, 2.24) is 15.3 Å². The van der Waals surface area contributed by atoms with E-state index in [1.165, 1.54) is 11.3 Å². The number of amides is 1. The van der Waals surface area contributed by atoms with Gasteiger partial charge in [-0.05, 0) is 42.6 Å². The quantitative estimate of drug-likeness (QED) is 0.588. The Kier molecular flexibility index (Phi) is 3.66. The van der Waals surface area contributed by atoms with Gasteiger partial charge in [-0.2, -0.15) is 0 Å². The lowest BCUT2D eigenvalue weighted by molar-refractivity contribution is 0.0951. The van der Waals surface area contributed by atoms with Crippen molar-refractivity contribution in [2.45, 2.75) is 13.5 Å². The number of nitrogens with one attached hydrogen (secondary N) is 2. The Morgan fingerprint density at radius 1 is 1.33 bits per heavy atom. The molecule has 0 aliphatic rings. The van der Waals surface area contributed by atoms with Crippen molar-refractivity contribution in [2.75, 3.05) is 0 Å². The number of nitrogens with zero attached hydrogens (tertiary/aromatic N) is 1. The fourth-order valence-corrected chi connectivity index (χ4v) is 3.52. The van der Waals surface area contributed by atoms with Gasteiger partial charge in [0, 0.05) is 22.2 Å². The average Bonchev–Trinajstić information content (AvgIpc) is 3.32. The second kappa shape index (κ2) is 5.98. The molecule has 4 rings (SSSR count). The fourth-order valence-electron chi connectivity index (χ4n) is 2.55. The molecule has 1 aromatic carbocycles. The van der Waals surface area contributed by atoms with Gasteiger partial charge in [-0.3, -0.25) is 4.79 Å². The third-order valence-electron chi connectivity index (χ3n) is 3.85. The highest BCUT2D eigenvalue weighted by Crippen LogP contribution is 2.28. The van der Waals surface area contributed by atoms with Crippen LogP contribution in [-0.2, 0) is 6.54 Å². The lowest BCUT2D eigenvalue weighted by Gasteiger charge is -2.04. The Morgan fingerprint density at radius 3 is 3.08 bits per heavy atom. The van der Waals surface area contributed by atoms with Gasteiger partial charge in [0.25, 0.3) is 5.91 Å². The number of furan rings is 1. The first kappa shape index (κ1) is 14.7. The standard InChI is InChI=1S/C18H15N3O2S/c1-11-16(24-18(21-11)15-3-2-8-23-15)10-20-17(22)13-5-4-12-6-7-19-14(12)9-13/h2-9,19H,10H2,1H3,(H,20,22). The number of carbonyl (C=O) groups is 1. The molecule has 0 saturated carbocycles. The van der Waals surface area contributed by atoms with Crippen LogP contribution in [0.4, 0.5) is 0 Å². The highest BCUT2D eigenvalue weighted by molar-refractivity contribution is 7.15. The fraction of sp³-hybridized carbons (Fsp3) is 0.111. The third kappa shape index (κ3) is 2.72. The molecule has 3 aromatic heterocycles. The Hall–Kier alpha value is -2.86. The lowest BCUT2D eigenvalue weighted by atomic mass is 10.1. The number of aromatic nitrogens is 2. The van der Waals surface area contributed by atoms with Crippen LogP contribution in [0.5, 0.6) is 0 Å². The summed E-state index contributed by atoms with van der Waals surface area (Å²) < 4.78 is 5.37. The Labute approximate surface area is 142 Å². The van der Waals surface area contributed by atoms with Gasteiger partial charge >= 0.3 is 0 Å². The van der Waals surface area contributed by atoms with E-state index in [9.17, 15) is 4.79 Å². The lowest BCUT2D eigenvalue weighted by Crippen LogP contribution is -2.22. The monoisotopic (exact) mass is 337 g/mol. The van der Waals surface area contributed by atoms with Crippen LogP contribution in [-0.4, -0.2) is 15.9 Å².